The summed E-state index contributed by atoms with van der Waals surface area (Å²) >= 11 is 0. The van der Waals surface area contributed by atoms with Crippen molar-refractivity contribution in [1.29, 1.82) is 0 Å². The fraction of sp³-hybridized carbons (Fsp3) is 0.818. The van der Waals surface area contributed by atoms with Gasteiger partial charge in [0.05, 0.1) is 144 Å². The third kappa shape index (κ3) is 19.2. The molecule has 0 spiro atoms. The van der Waals surface area contributed by atoms with Crippen LogP contribution in [0.25, 0.3) is 0 Å². The Morgan fingerprint density at radius 1 is 0.367 bits per heavy atom. The molecule has 4 rings (SSSR count). The summed E-state index contributed by atoms with van der Waals surface area (Å²) in [5, 5.41) is 9.66. The van der Waals surface area contributed by atoms with Crippen LogP contribution in [0.5, 0.6) is 0 Å². The van der Waals surface area contributed by atoms with Gasteiger partial charge in [0.15, 0.2) is 0 Å². The summed E-state index contributed by atoms with van der Waals surface area (Å²) in [5.74, 6) is 0. The van der Waals surface area contributed by atoms with E-state index in [4.69, 9.17) is 57.6 Å². The quantitative estimate of drug-likeness (QED) is 0.412. The lowest BCUT2D eigenvalue weighted by molar-refractivity contribution is -0.0190. The van der Waals surface area contributed by atoms with Crippen LogP contribution in [-0.2, 0) is 67.1 Å². The summed E-state index contributed by atoms with van der Waals surface area (Å²) in [6, 6.07) is 4.11. The molecule has 280 valence electrons. The van der Waals surface area contributed by atoms with E-state index in [0.717, 1.165) is 37.6 Å². The Morgan fingerprint density at radius 3 is 0.878 bits per heavy atom. The van der Waals surface area contributed by atoms with Crippen molar-refractivity contribution in [3.63, 3.8) is 0 Å². The molecule has 0 aromatic carbocycles. The molecule has 2 aliphatic rings. The topological polar surface area (TPSA) is 134 Å². The lowest BCUT2D eigenvalue weighted by atomic mass is 10.3. The van der Waals surface area contributed by atoms with Crippen LogP contribution >= 0.6 is 0 Å². The van der Waals surface area contributed by atoms with E-state index in [0.29, 0.717) is 152 Å². The highest BCUT2D eigenvalue weighted by Gasteiger charge is 2.12. The van der Waals surface area contributed by atoms with E-state index in [9.17, 15) is 0 Å². The normalized spacial score (nSPS) is 22.0. The van der Waals surface area contributed by atoms with Gasteiger partial charge in [0.25, 0.3) is 0 Å². The van der Waals surface area contributed by atoms with Crippen molar-refractivity contribution in [2.24, 2.45) is 0 Å². The predicted octanol–water partition coefficient (Wildman–Crippen LogP) is 0.383. The summed E-state index contributed by atoms with van der Waals surface area (Å²) in [7, 11) is 0. The van der Waals surface area contributed by atoms with E-state index in [-0.39, 0.29) is 0 Å². The number of aromatic nitrogens is 4. The van der Waals surface area contributed by atoms with E-state index < -0.39 is 0 Å². The third-order valence-corrected chi connectivity index (χ3v) is 7.64. The standard InChI is InChI=1S/C33H58N6O10/c1-3-38(34-32(1)29-36-5-9-40-13-17-44-21-25-48-26-22-45-18-14-41-10-6-36)31-39-4-2-33(35-39)30-37-7-11-42-15-19-46-23-27-49-28-24-47-20-16-43-12-8-37/h1-4H,5-31H2. The van der Waals surface area contributed by atoms with E-state index >= 15 is 0 Å². The van der Waals surface area contributed by atoms with Gasteiger partial charge in [-0.05, 0) is 12.1 Å². The number of rotatable bonds is 6. The van der Waals surface area contributed by atoms with Crippen LogP contribution in [0.4, 0.5) is 0 Å². The van der Waals surface area contributed by atoms with E-state index in [2.05, 4.69) is 21.9 Å². The summed E-state index contributed by atoms with van der Waals surface area (Å²) in [6.45, 7) is 16.2. The van der Waals surface area contributed by atoms with Crippen molar-refractivity contribution < 1.29 is 47.4 Å². The zero-order valence-electron chi connectivity index (χ0n) is 29.2. The lowest BCUT2D eigenvalue weighted by Crippen LogP contribution is -2.31. The smallest absolute Gasteiger partial charge is 0.133 e. The number of ether oxygens (including phenoxy) is 10. The van der Waals surface area contributed by atoms with Gasteiger partial charge in [-0.15, -0.1) is 0 Å². The molecule has 16 nitrogen and oxygen atoms in total. The van der Waals surface area contributed by atoms with Crippen LogP contribution in [0.1, 0.15) is 11.4 Å². The Bertz CT molecular complexity index is 947. The third-order valence-electron chi connectivity index (χ3n) is 7.64. The molecule has 0 N–H and O–H groups in total. The van der Waals surface area contributed by atoms with Crippen molar-refractivity contribution in [3.8, 4) is 0 Å². The second kappa shape index (κ2) is 26.7. The van der Waals surface area contributed by atoms with Crippen LogP contribution in [0.15, 0.2) is 24.5 Å². The van der Waals surface area contributed by atoms with Crippen LogP contribution in [0.2, 0.25) is 0 Å². The maximum absolute atomic E-state index is 5.81. The zero-order valence-corrected chi connectivity index (χ0v) is 29.2. The van der Waals surface area contributed by atoms with Gasteiger partial charge in [-0.2, -0.15) is 10.2 Å². The fourth-order valence-corrected chi connectivity index (χ4v) is 5.02. The molecule has 0 bridgehead atoms. The molecule has 2 saturated heterocycles. The van der Waals surface area contributed by atoms with Gasteiger partial charge < -0.3 is 47.4 Å². The highest BCUT2D eigenvalue weighted by molar-refractivity contribution is 5.01. The minimum absolute atomic E-state index is 0.522. The molecule has 2 aromatic heterocycles. The van der Waals surface area contributed by atoms with Gasteiger partial charge in [0.1, 0.15) is 6.67 Å². The van der Waals surface area contributed by atoms with Gasteiger partial charge in [-0.3, -0.25) is 19.2 Å². The van der Waals surface area contributed by atoms with Gasteiger partial charge in [0.2, 0.25) is 0 Å². The minimum atomic E-state index is 0.522. The summed E-state index contributed by atoms with van der Waals surface area (Å²) in [6.07, 6.45) is 3.99. The Labute approximate surface area is 290 Å². The molecule has 4 heterocycles. The Kier molecular flexibility index (Phi) is 21.7. The first-order valence-corrected chi connectivity index (χ1v) is 17.6. The average molecular weight is 699 g/mol. The van der Waals surface area contributed by atoms with Crippen LogP contribution in [-0.4, -0.2) is 188 Å². The van der Waals surface area contributed by atoms with Gasteiger partial charge in [0, 0.05) is 51.7 Å². The van der Waals surface area contributed by atoms with Gasteiger partial charge >= 0.3 is 0 Å². The van der Waals surface area contributed by atoms with Crippen molar-refractivity contribution in [3.05, 3.63) is 35.9 Å². The lowest BCUT2D eigenvalue weighted by Gasteiger charge is -2.21. The van der Waals surface area contributed by atoms with Crippen molar-refractivity contribution in [1.82, 2.24) is 29.4 Å². The number of hydrogen-bond donors (Lipinski definition) is 0. The molecule has 0 atom stereocenters. The SMILES string of the molecule is c1cn(Cn2ccc(CN3CCOCCOCCOCCOCCOCC3)n2)nc1CN1CCOCCOCCOCCOCCOCC1. The highest BCUT2D eigenvalue weighted by Crippen LogP contribution is 2.06. The van der Waals surface area contributed by atoms with E-state index in [1.54, 1.807) is 0 Å². The predicted molar refractivity (Wildman–Crippen MR) is 179 cm³/mol. The highest BCUT2D eigenvalue weighted by atomic mass is 16.6. The summed E-state index contributed by atoms with van der Waals surface area (Å²) in [5.41, 5.74) is 1.96. The number of nitrogens with zero attached hydrogens (tertiary/aromatic N) is 6. The molecule has 0 amide bonds. The summed E-state index contributed by atoms with van der Waals surface area (Å²) < 4.78 is 60.3. The number of hydrogen-bond acceptors (Lipinski definition) is 14. The second-order valence-corrected chi connectivity index (χ2v) is 11.5. The van der Waals surface area contributed by atoms with Crippen LogP contribution < -0.4 is 0 Å². The van der Waals surface area contributed by atoms with E-state index in [1.807, 2.05) is 21.8 Å². The molecule has 16 heteroatoms. The van der Waals surface area contributed by atoms with Crippen LogP contribution in [0.3, 0.4) is 0 Å². The monoisotopic (exact) mass is 698 g/mol. The molecule has 0 unspecified atom stereocenters. The average Bonchev–Trinajstić information content (AvgIpc) is 3.75. The Morgan fingerprint density at radius 2 is 0.612 bits per heavy atom. The molecule has 0 aliphatic carbocycles. The molecule has 2 fully saturated rings. The van der Waals surface area contributed by atoms with Gasteiger partial charge in [-0.1, -0.05) is 0 Å². The van der Waals surface area contributed by atoms with Crippen molar-refractivity contribution >= 4 is 0 Å². The first-order valence-electron chi connectivity index (χ1n) is 17.6. The first kappa shape index (κ1) is 39.7. The first-order chi connectivity index (χ1) is 24.3. The molecule has 2 aliphatic heterocycles. The molecule has 0 radical (unpaired) electrons. The minimum Gasteiger partial charge on any atom is -0.378 e. The Hall–Kier alpha value is -2.06. The zero-order chi connectivity index (χ0) is 33.9. The second-order valence-electron chi connectivity index (χ2n) is 11.5. The Balaban J connectivity index is 1.21. The largest absolute Gasteiger partial charge is 0.378 e. The molecular formula is C33H58N6O10. The molecule has 49 heavy (non-hydrogen) atoms. The molecule has 2 aromatic rings. The molecule has 0 saturated carbocycles. The van der Waals surface area contributed by atoms with Crippen LogP contribution in [0, 0.1) is 0 Å². The van der Waals surface area contributed by atoms with Crippen molar-refractivity contribution in [2.45, 2.75) is 19.8 Å². The summed E-state index contributed by atoms with van der Waals surface area (Å²) in [4.78, 5) is 4.60. The van der Waals surface area contributed by atoms with Gasteiger partial charge in [-0.25, -0.2) is 0 Å². The fourth-order valence-electron chi connectivity index (χ4n) is 5.02. The maximum Gasteiger partial charge on any atom is 0.133 e. The molecular weight excluding hydrogens is 640 g/mol. The maximum atomic E-state index is 5.81. The van der Waals surface area contributed by atoms with Crippen molar-refractivity contribution in [2.75, 3.05) is 158 Å². The van der Waals surface area contributed by atoms with E-state index in [1.165, 1.54) is 0 Å².